The van der Waals surface area contributed by atoms with E-state index in [0.717, 1.165) is 12.4 Å². The van der Waals surface area contributed by atoms with Crippen LogP contribution in [0.3, 0.4) is 0 Å². The van der Waals surface area contributed by atoms with Crippen LogP contribution in [-0.4, -0.2) is 18.6 Å². The number of benzene rings is 1. The lowest BCUT2D eigenvalue weighted by Gasteiger charge is -2.32. The molecule has 1 atom stereocenters. The Balaban J connectivity index is 2.19. The summed E-state index contributed by atoms with van der Waals surface area (Å²) in [6, 6.07) is 10.8. The van der Waals surface area contributed by atoms with E-state index in [2.05, 4.69) is 42.2 Å². The maximum atomic E-state index is 5.38. The molecule has 0 saturated heterocycles. The van der Waals surface area contributed by atoms with Crippen molar-refractivity contribution >= 4 is 0 Å². The standard InChI is InChI=1S/C14H17NO/c1-12(13-8-4-3-5-9-13)15-11-7-6-10-14(15)16-2/h3-10,12H,11H2,1-2H3/t12-/m1/s1. The first-order chi connectivity index (χ1) is 7.83. The van der Waals surface area contributed by atoms with Crippen LogP contribution in [0.15, 0.2) is 54.4 Å². The van der Waals surface area contributed by atoms with Gasteiger partial charge in [0, 0.05) is 6.54 Å². The maximum absolute atomic E-state index is 5.38. The molecule has 84 valence electrons. The molecule has 0 N–H and O–H groups in total. The molecule has 0 aromatic heterocycles. The number of ether oxygens (including phenoxy) is 1. The summed E-state index contributed by atoms with van der Waals surface area (Å²) >= 11 is 0. The quantitative estimate of drug-likeness (QED) is 0.768. The van der Waals surface area contributed by atoms with Gasteiger partial charge < -0.3 is 9.64 Å². The Hall–Kier alpha value is -1.70. The van der Waals surface area contributed by atoms with Crippen LogP contribution in [0.5, 0.6) is 0 Å². The molecule has 0 radical (unpaired) electrons. The first-order valence-electron chi connectivity index (χ1n) is 5.55. The molecule has 0 amide bonds. The third kappa shape index (κ3) is 2.11. The zero-order valence-electron chi connectivity index (χ0n) is 9.76. The van der Waals surface area contributed by atoms with Crippen molar-refractivity contribution < 1.29 is 4.74 Å². The second kappa shape index (κ2) is 4.88. The first kappa shape index (κ1) is 10.8. The predicted octanol–water partition coefficient (Wildman–Crippen LogP) is 3.11. The highest BCUT2D eigenvalue weighted by Crippen LogP contribution is 2.25. The molecule has 2 rings (SSSR count). The van der Waals surface area contributed by atoms with Crippen molar-refractivity contribution in [2.45, 2.75) is 13.0 Å². The minimum atomic E-state index is 0.331. The predicted molar refractivity (Wildman–Crippen MR) is 65.8 cm³/mol. The topological polar surface area (TPSA) is 12.5 Å². The zero-order chi connectivity index (χ0) is 11.4. The molecule has 1 aromatic rings. The Morgan fingerprint density at radius 1 is 1.25 bits per heavy atom. The van der Waals surface area contributed by atoms with Gasteiger partial charge in [0.25, 0.3) is 0 Å². The molecule has 0 saturated carbocycles. The maximum Gasteiger partial charge on any atom is 0.189 e. The van der Waals surface area contributed by atoms with Crippen molar-refractivity contribution in [3.8, 4) is 0 Å². The number of methoxy groups -OCH3 is 1. The molecule has 2 heteroatoms. The number of hydrogen-bond donors (Lipinski definition) is 0. The normalized spacial score (nSPS) is 16.9. The minimum Gasteiger partial charge on any atom is -0.482 e. The Morgan fingerprint density at radius 2 is 2.00 bits per heavy atom. The van der Waals surface area contributed by atoms with E-state index in [0.29, 0.717) is 6.04 Å². The fraction of sp³-hybridized carbons (Fsp3) is 0.286. The number of allylic oxidation sites excluding steroid dienone is 2. The van der Waals surface area contributed by atoms with E-state index in [-0.39, 0.29) is 0 Å². The van der Waals surface area contributed by atoms with Crippen molar-refractivity contribution in [3.63, 3.8) is 0 Å². The second-order valence-corrected chi connectivity index (χ2v) is 3.88. The van der Waals surface area contributed by atoms with Crippen LogP contribution in [-0.2, 0) is 4.74 Å². The van der Waals surface area contributed by atoms with Gasteiger partial charge in [-0.1, -0.05) is 42.5 Å². The van der Waals surface area contributed by atoms with E-state index < -0.39 is 0 Å². The van der Waals surface area contributed by atoms with Gasteiger partial charge in [-0.25, -0.2) is 0 Å². The fourth-order valence-electron chi connectivity index (χ4n) is 1.96. The molecule has 1 heterocycles. The summed E-state index contributed by atoms with van der Waals surface area (Å²) in [4.78, 5) is 2.25. The molecular weight excluding hydrogens is 198 g/mol. The molecule has 0 spiro atoms. The van der Waals surface area contributed by atoms with Gasteiger partial charge in [-0.2, -0.15) is 0 Å². The minimum absolute atomic E-state index is 0.331. The van der Waals surface area contributed by atoms with Gasteiger partial charge in [-0.15, -0.1) is 0 Å². The molecule has 0 aliphatic carbocycles. The highest BCUT2D eigenvalue weighted by Gasteiger charge is 2.18. The summed E-state index contributed by atoms with van der Waals surface area (Å²) in [7, 11) is 1.72. The summed E-state index contributed by atoms with van der Waals surface area (Å²) in [6.45, 7) is 3.09. The van der Waals surface area contributed by atoms with Crippen molar-refractivity contribution in [3.05, 3.63) is 60.0 Å². The van der Waals surface area contributed by atoms with E-state index in [1.807, 2.05) is 18.2 Å². The van der Waals surface area contributed by atoms with Crippen LogP contribution >= 0.6 is 0 Å². The average molecular weight is 215 g/mol. The van der Waals surface area contributed by atoms with Crippen molar-refractivity contribution in [2.75, 3.05) is 13.7 Å². The van der Waals surface area contributed by atoms with Gasteiger partial charge in [0.2, 0.25) is 0 Å². The van der Waals surface area contributed by atoms with Gasteiger partial charge >= 0.3 is 0 Å². The van der Waals surface area contributed by atoms with Gasteiger partial charge in [0.05, 0.1) is 13.2 Å². The van der Waals surface area contributed by atoms with Crippen molar-refractivity contribution in [2.24, 2.45) is 0 Å². The van der Waals surface area contributed by atoms with E-state index in [9.17, 15) is 0 Å². The molecule has 0 unspecified atom stereocenters. The Bertz CT molecular complexity index is 394. The van der Waals surface area contributed by atoms with Crippen molar-refractivity contribution in [1.82, 2.24) is 4.90 Å². The largest absolute Gasteiger partial charge is 0.482 e. The Morgan fingerprint density at radius 3 is 2.69 bits per heavy atom. The van der Waals surface area contributed by atoms with E-state index in [1.54, 1.807) is 7.11 Å². The van der Waals surface area contributed by atoms with Crippen LogP contribution in [0.25, 0.3) is 0 Å². The van der Waals surface area contributed by atoms with Crippen molar-refractivity contribution in [1.29, 1.82) is 0 Å². The van der Waals surface area contributed by atoms with Gasteiger partial charge in [-0.05, 0) is 18.6 Å². The van der Waals surface area contributed by atoms with E-state index in [4.69, 9.17) is 4.74 Å². The summed E-state index contributed by atoms with van der Waals surface area (Å²) in [5.41, 5.74) is 1.31. The highest BCUT2D eigenvalue weighted by atomic mass is 16.5. The summed E-state index contributed by atoms with van der Waals surface area (Å²) < 4.78 is 5.38. The lowest BCUT2D eigenvalue weighted by Crippen LogP contribution is -2.28. The molecule has 0 bridgehead atoms. The van der Waals surface area contributed by atoms with Crippen LogP contribution < -0.4 is 0 Å². The summed E-state index contributed by atoms with van der Waals surface area (Å²) in [5, 5.41) is 0. The van der Waals surface area contributed by atoms with Gasteiger partial charge in [-0.3, -0.25) is 0 Å². The third-order valence-electron chi connectivity index (χ3n) is 2.92. The van der Waals surface area contributed by atoms with Crippen LogP contribution in [0, 0.1) is 0 Å². The van der Waals surface area contributed by atoms with Gasteiger partial charge in [0.15, 0.2) is 5.88 Å². The lowest BCUT2D eigenvalue weighted by molar-refractivity contribution is 0.131. The first-order valence-corrected chi connectivity index (χ1v) is 5.55. The molecule has 1 aliphatic heterocycles. The fourth-order valence-corrected chi connectivity index (χ4v) is 1.96. The number of rotatable bonds is 3. The van der Waals surface area contributed by atoms with Crippen LogP contribution in [0.2, 0.25) is 0 Å². The summed E-state index contributed by atoms with van der Waals surface area (Å²) in [5.74, 6) is 0.929. The van der Waals surface area contributed by atoms with E-state index in [1.165, 1.54) is 5.56 Å². The third-order valence-corrected chi connectivity index (χ3v) is 2.92. The zero-order valence-corrected chi connectivity index (χ0v) is 9.76. The SMILES string of the molecule is COC1=CC=CCN1[C@H](C)c1ccccc1. The average Bonchev–Trinajstić information content (AvgIpc) is 2.39. The number of hydrogen-bond acceptors (Lipinski definition) is 2. The Labute approximate surface area is 96.8 Å². The Kier molecular flexibility index (Phi) is 3.30. The smallest absolute Gasteiger partial charge is 0.189 e. The lowest BCUT2D eigenvalue weighted by atomic mass is 10.1. The van der Waals surface area contributed by atoms with Crippen LogP contribution in [0.1, 0.15) is 18.5 Å². The molecule has 0 fully saturated rings. The molecule has 2 nitrogen and oxygen atoms in total. The van der Waals surface area contributed by atoms with Crippen LogP contribution in [0.4, 0.5) is 0 Å². The molecule has 1 aromatic carbocycles. The molecular formula is C14H17NO. The van der Waals surface area contributed by atoms with E-state index >= 15 is 0 Å². The number of nitrogens with zero attached hydrogens (tertiary/aromatic N) is 1. The summed E-state index contributed by atoms with van der Waals surface area (Å²) in [6.07, 6.45) is 6.18. The monoisotopic (exact) mass is 215 g/mol. The highest BCUT2D eigenvalue weighted by molar-refractivity contribution is 5.22. The molecule has 1 aliphatic rings. The molecule has 16 heavy (non-hydrogen) atoms. The second-order valence-electron chi connectivity index (χ2n) is 3.88. The van der Waals surface area contributed by atoms with Gasteiger partial charge in [0.1, 0.15) is 0 Å².